The maximum absolute atomic E-state index is 11.4. The molecule has 0 aliphatic heterocycles. The van der Waals surface area contributed by atoms with Gasteiger partial charge in [-0.15, -0.1) is 0 Å². The van der Waals surface area contributed by atoms with Crippen LogP contribution in [0.1, 0.15) is 33.6 Å². The molecule has 2 heteroatoms. The van der Waals surface area contributed by atoms with Gasteiger partial charge < -0.3 is 4.74 Å². The highest BCUT2D eigenvalue weighted by Gasteiger charge is 2.35. The Morgan fingerprint density at radius 3 is 2.50 bits per heavy atom. The molecule has 0 saturated heterocycles. The predicted octanol–water partition coefficient (Wildman–Crippen LogP) is 2.03. The summed E-state index contributed by atoms with van der Waals surface area (Å²) in [5.74, 6) is 0.894. The molecule has 0 N–H and O–H groups in total. The van der Waals surface area contributed by atoms with Crippen LogP contribution in [0, 0.1) is 11.8 Å². The maximum atomic E-state index is 11.4. The Hall–Kier alpha value is -0.370. The maximum Gasteiger partial charge on any atom is 0.138 e. The lowest BCUT2D eigenvalue weighted by Crippen LogP contribution is -2.38. The van der Waals surface area contributed by atoms with Crippen LogP contribution in [0.2, 0.25) is 0 Å². The van der Waals surface area contributed by atoms with Crippen LogP contribution in [-0.4, -0.2) is 18.5 Å². The minimum absolute atomic E-state index is 0.192. The van der Waals surface area contributed by atoms with E-state index in [-0.39, 0.29) is 5.92 Å². The van der Waals surface area contributed by atoms with Crippen LogP contribution < -0.4 is 0 Å². The highest BCUT2D eigenvalue weighted by atomic mass is 16.5. The minimum atomic E-state index is 0.192. The Kier molecular flexibility index (Phi) is 3.27. The van der Waals surface area contributed by atoms with Gasteiger partial charge in [0.1, 0.15) is 5.78 Å². The van der Waals surface area contributed by atoms with Crippen molar-refractivity contribution in [3.63, 3.8) is 0 Å². The van der Waals surface area contributed by atoms with Crippen molar-refractivity contribution in [2.75, 3.05) is 6.61 Å². The molecule has 1 saturated carbocycles. The van der Waals surface area contributed by atoms with Crippen LogP contribution in [0.5, 0.6) is 0 Å². The molecule has 0 aromatic carbocycles. The monoisotopic (exact) mass is 170 g/mol. The van der Waals surface area contributed by atoms with Crippen LogP contribution in [0.15, 0.2) is 0 Å². The zero-order valence-electron chi connectivity index (χ0n) is 8.17. The lowest BCUT2D eigenvalue weighted by atomic mass is 9.76. The highest BCUT2D eigenvalue weighted by Crippen LogP contribution is 2.32. The van der Waals surface area contributed by atoms with E-state index >= 15 is 0 Å². The first-order valence-electron chi connectivity index (χ1n) is 4.80. The van der Waals surface area contributed by atoms with Crippen LogP contribution in [0.4, 0.5) is 0 Å². The third kappa shape index (κ3) is 2.07. The molecule has 0 unspecified atom stereocenters. The van der Waals surface area contributed by atoms with Gasteiger partial charge in [-0.1, -0.05) is 13.8 Å². The summed E-state index contributed by atoms with van der Waals surface area (Å²) in [6.07, 6.45) is 2.26. The van der Waals surface area contributed by atoms with Gasteiger partial charge in [0.05, 0.1) is 6.10 Å². The summed E-state index contributed by atoms with van der Waals surface area (Å²) in [5, 5.41) is 0. The van der Waals surface area contributed by atoms with E-state index in [9.17, 15) is 4.79 Å². The molecule has 0 aromatic heterocycles. The molecule has 0 amide bonds. The van der Waals surface area contributed by atoms with Crippen LogP contribution in [0.3, 0.4) is 0 Å². The Balaban J connectivity index is 2.20. The molecule has 12 heavy (non-hydrogen) atoms. The number of ether oxygens (including phenoxy) is 1. The second-order valence-corrected chi connectivity index (χ2v) is 3.80. The van der Waals surface area contributed by atoms with Crippen molar-refractivity contribution in [3.8, 4) is 0 Å². The van der Waals surface area contributed by atoms with E-state index in [4.69, 9.17) is 4.74 Å². The lowest BCUT2D eigenvalue weighted by Gasteiger charge is -2.34. The minimum Gasteiger partial charge on any atom is -0.378 e. The molecule has 0 heterocycles. The SMILES string of the molecule is CCOC1CC(C(=O)C(C)C)C1. The molecular formula is C10H18O2. The molecule has 0 bridgehead atoms. The van der Waals surface area contributed by atoms with E-state index in [1.807, 2.05) is 20.8 Å². The fourth-order valence-corrected chi connectivity index (χ4v) is 1.64. The van der Waals surface area contributed by atoms with Crippen LogP contribution in [-0.2, 0) is 9.53 Å². The zero-order chi connectivity index (χ0) is 9.14. The first-order chi connectivity index (χ1) is 5.65. The molecule has 1 aliphatic carbocycles. The highest BCUT2D eigenvalue weighted by molar-refractivity contribution is 5.83. The van der Waals surface area contributed by atoms with Gasteiger partial charge >= 0.3 is 0 Å². The van der Waals surface area contributed by atoms with Crippen molar-refractivity contribution in [2.24, 2.45) is 11.8 Å². The number of hydrogen-bond donors (Lipinski definition) is 0. The molecular weight excluding hydrogens is 152 g/mol. The average Bonchev–Trinajstić information content (AvgIpc) is 1.94. The normalized spacial score (nSPS) is 28.7. The fourth-order valence-electron chi connectivity index (χ4n) is 1.64. The van der Waals surface area contributed by atoms with Crippen LogP contribution in [0.25, 0.3) is 0 Å². The number of carbonyl (C=O) groups is 1. The molecule has 0 aromatic rings. The summed E-state index contributed by atoms with van der Waals surface area (Å²) in [7, 11) is 0. The number of rotatable bonds is 4. The summed E-state index contributed by atoms with van der Waals surface area (Å²) in [4.78, 5) is 11.4. The molecule has 0 atom stereocenters. The first kappa shape index (κ1) is 9.72. The molecule has 1 fully saturated rings. The van der Waals surface area contributed by atoms with E-state index in [0.717, 1.165) is 19.4 Å². The third-order valence-electron chi connectivity index (χ3n) is 2.47. The van der Waals surface area contributed by atoms with E-state index in [0.29, 0.717) is 17.8 Å². The van der Waals surface area contributed by atoms with Crippen molar-refractivity contribution in [3.05, 3.63) is 0 Å². The summed E-state index contributed by atoms with van der Waals surface area (Å²) in [5.41, 5.74) is 0. The smallest absolute Gasteiger partial charge is 0.138 e. The van der Waals surface area contributed by atoms with Gasteiger partial charge in [-0.05, 0) is 19.8 Å². The average molecular weight is 170 g/mol. The van der Waals surface area contributed by atoms with E-state index in [1.54, 1.807) is 0 Å². The molecule has 1 aliphatic rings. The Morgan fingerprint density at radius 2 is 2.08 bits per heavy atom. The fraction of sp³-hybridized carbons (Fsp3) is 0.900. The number of Topliss-reactive ketones (excluding diaryl/α,β-unsaturated/α-hetero) is 1. The molecule has 2 nitrogen and oxygen atoms in total. The van der Waals surface area contributed by atoms with Gasteiger partial charge in [0.25, 0.3) is 0 Å². The van der Waals surface area contributed by atoms with Gasteiger partial charge in [0, 0.05) is 18.4 Å². The largest absolute Gasteiger partial charge is 0.378 e. The van der Waals surface area contributed by atoms with E-state index in [1.165, 1.54) is 0 Å². The molecule has 0 radical (unpaired) electrons. The van der Waals surface area contributed by atoms with E-state index < -0.39 is 0 Å². The standard InChI is InChI=1S/C10H18O2/c1-4-12-9-5-8(6-9)10(11)7(2)3/h7-9H,4-6H2,1-3H3. The Morgan fingerprint density at radius 1 is 1.50 bits per heavy atom. The van der Waals surface area contributed by atoms with Gasteiger partial charge in [-0.2, -0.15) is 0 Å². The van der Waals surface area contributed by atoms with E-state index in [2.05, 4.69) is 0 Å². The van der Waals surface area contributed by atoms with Gasteiger partial charge in [0.15, 0.2) is 0 Å². The number of hydrogen-bond acceptors (Lipinski definition) is 2. The Labute approximate surface area is 74.3 Å². The third-order valence-corrected chi connectivity index (χ3v) is 2.47. The number of carbonyl (C=O) groups excluding carboxylic acids is 1. The van der Waals surface area contributed by atoms with Crippen molar-refractivity contribution in [1.82, 2.24) is 0 Å². The summed E-state index contributed by atoms with van der Waals surface area (Å²) in [6.45, 7) is 6.71. The summed E-state index contributed by atoms with van der Waals surface area (Å²) in [6, 6.07) is 0. The number of ketones is 1. The summed E-state index contributed by atoms with van der Waals surface area (Å²) >= 11 is 0. The topological polar surface area (TPSA) is 26.3 Å². The van der Waals surface area contributed by atoms with Crippen molar-refractivity contribution in [1.29, 1.82) is 0 Å². The van der Waals surface area contributed by atoms with Gasteiger partial charge in [-0.25, -0.2) is 0 Å². The Bertz CT molecular complexity index is 157. The van der Waals surface area contributed by atoms with Gasteiger partial charge in [-0.3, -0.25) is 4.79 Å². The second-order valence-electron chi connectivity index (χ2n) is 3.80. The molecule has 1 rings (SSSR count). The van der Waals surface area contributed by atoms with Crippen LogP contribution >= 0.6 is 0 Å². The first-order valence-corrected chi connectivity index (χ1v) is 4.80. The lowest BCUT2D eigenvalue weighted by molar-refractivity contribution is -0.134. The second kappa shape index (κ2) is 4.04. The predicted molar refractivity (Wildman–Crippen MR) is 48.0 cm³/mol. The zero-order valence-corrected chi connectivity index (χ0v) is 8.17. The summed E-state index contributed by atoms with van der Waals surface area (Å²) < 4.78 is 5.39. The van der Waals surface area contributed by atoms with Crippen molar-refractivity contribution < 1.29 is 9.53 Å². The molecule has 70 valence electrons. The quantitative estimate of drug-likeness (QED) is 0.645. The van der Waals surface area contributed by atoms with Gasteiger partial charge in [0.2, 0.25) is 0 Å². The van der Waals surface area contributed by atoms with Crippen molar-refractivity contribution in [2.45, 2.75) is 39.7 Å². The molecule has 0 spiro atoms. The van der Waals surface area contributed by atoms with Crippen molar-refractivity contribution >= 4 is 5.78 Å².